The zero-order valence-electron chi connectivity index (χ0n) is 11.4. The summed E-state index contributed by atoms with van der Waals surface area (Å²) in [6.07, 6.45) is 0.975. The molecule has 6 nitrogen and oxygen atoms in total. The highest BCUT2D eigenvalue weighted by Crippen LogP contribution is 2.14. The maximum absolute atomic E-state index is 11.8. The summed E-state index contributed by atoms with van der Waals surface area (Å²) >= 11 is 0. The second-order valence-electron chi connectivity index (χ2n) is 4.66. The number of hydrogen-bond acceptors (Lipinski definition) is 3. The molecule has 0 heterocycles. The van der Waals surface area contributed by atoms with Crippen molar-refractivity contribution >= 4 is 17.7 Å². The molecule has 0 saturated heterocycles. The Hall–Kier alpha value is -2.55. The number of carbonyl (C=O) groups is 2. The number of benzene rings is 1. The number of carboxylic acid groups (broad SMARTS) is 1. The number of aliphatic carboxylic acids is 1. The highest BCUT2D eigenvalue weighted by Gasteiger charge is 2.33. The van der Waals surface area contributed by atoms with E-state index in [0.717, 1.165) is 0 Å². The van der Waals surface area contributed by atoms with E-state index in [1.54, 1.807) is 24.3 Å². The lowest BCUT2D eigenvalue weighted by atomic mass is 9.97. The molecule has 1 aromatic carbocycles. The quantitative estimate of drug-likeness (QED) is 0.767. The first-order chi connectivity index (χ1) is 9.41. The molecule has 0 saturated carbocycles. The molecule has 1 unspecified atom stereocenters. The number of amides is 2. The van der Waals surface area contributed by atoms with Crippen molar-refractivity contribution < 1.29 is 14.7 Å². The topological polar surface area (TPSA) is 102 Å². The molecule has 20 heavy (non-hydrogen) atoms. The second-order valence-corrected chi connectivity index (χ2v) is 4.66. The summed E-state index contributed by atoms with van der Waals surface area (Å²) in [6.45, 7) is 3.32. The molecule has 1 aromatic rings. The maximum Gasteiger partial charge on any atom is 0.329 e. The van der Waals surface area contributed by atoms with Crippen LogP contribution in [0.25, 0.3) is 0 Å². The first kappa shape index (κ1) is 15.5. The van der Waals surface area contributed by atoms with Crippen LogP contribution in [-0.2, 0) is 4.79 Å². The minimum Gasteiger partial charge on any atom is -0.480 e. The highest BCUT2D eigenvalue weighted by molar-refractivity contribution is 5.93. The van der Waals surface area contributed by atoms with Crippen molar-refractivity contribution in [3.05, 3.63) is 29.8 Å². The summed E-state index contributed by atoms with van der Waals surface area (Å²) in [5.41, 5.74) is -0.325. The van der Waals surface area contributed by atoms with Gasteiger partial charge in [-0.2, -0.15) is 5.26 Å². The smallest absolute Gasteiger partial charge is 0.329 e. The Balaban J connectivity index is 2.70. The monoisotopic (exact) mass is 275 g/mol. The molecule has 0 spiro atoms. The Bertz CT molecular complexity index is 534. The van der Waals surface area contributed by atoms with Crippen LogP contribution in [0.15, 0.2) is 24.3 Å². The number of nitriles is 1. The molecule has 3 N–H and O–H groups in total. The molecule has 0 aliphatic carbocycles. The molecule has 0 radical (unpaired) electrons. The third kappa shape index (κ3) is 3.99. The minimum atomic E-state index is -1.30. The van der Waals surface area contributed by atoms with Gasteiger partial charge in [-0.15, -0.1) is 0 Å². The normalized spacial score (nSPS) is 12.8. The van der Waals surface area contributed by atoms with E-state index in [-0.39, 0.29) is 0 Å². The van der Waals surface area contributed by atoms with E-state index < -0.39 is 17.5 Å². The molecule has 0 aliphatic rings. The molecule has 106 valence electrons. The summed E-state index contributed by atoms with van der Waals surface area (Å²) in [7, 11) is 0. The zero-order valence-corrected chi connectivity index (χ0v) is 11.4. The third-order valence-electron chi connectivity index (χ3n) is 2.88. The van der Waals surface area contributed by atoms with Crippen LogP contribution in [0.3, 0.4) is 0 Å². The number of carbonyl (C=O) groups excluding carboxylic acids is 1. The van der Waals surface area contributed by atoms with Gasteiger partial charge in [0.1, 0.15) is 5.54 Å². The highest BCUT2D eigenvalue weighted by atomic mass is 16.4. The number of nitrogens with one attached hydrogen (secondary N) is 2. The van der Waals surface area contributed by atoms with Gasteiger partial charge in [0, 0.05) is 5.69 Å². The van der Waals surface area contributed by atoms with Crippen molar-refractivity contribution in [3.8, 4) is 6.07 Å². The van der Waals surface area contributed by atoms with Crippen LogP contribution in [0.2, 0.25) is 0 Å². The van der Waals surface area contributed by atoms with Gasteiger partial charge in [-0.3, -0.25) is 0 Å². The lowest BCUT2D eigenvalue weighted by molar-refractivity contribution is -0.143. The van der Waals surface area contributed by atoms with E-state index in [1.807, 2.05) is 13.0 Å². The van der Waals surface area contributed by atoms with Crippen LogP contribution in [0.1, 0.15) is 32.3 Å². The lowest BCUT2D eigenvalue weighted by Gasteiger charge is -2.25. The van der Waals surface area contributed by atoms with E-state index in [0.29, 0.717) is 24.1 Å². The molecule has 0 aromatic heterocycles. The van der Waals surface area contributed by atoms with Crippen molar-refractivity contribution in [2.24, 2.45) is 0 Å². The van der Waals surface area contributed by atoms with Crippen LogP contribution >= 0.6 is 0 Å². The molecule has 0 bridgehead atoms. The Morgan fingerprint density at radius 3 is 2.40 bits per heavy atom. The predicted molar refractivity (Wildman–Crippen MR) is 74.3 cm³/mol. The first-order valence-electron chi connectivity index (χ1n) is 6.24. The van der Waals surface area contributed by atoms with Gasteiger partial charge < -0.3 is 15.7 Å². The zero-order chi connectivity index (χ0) is 15.2. The van der Waals surface area contributed by atoms with E-state index >= 15 is 0 Å². The molecular weight excluding hydrogens is 258 g/mol. The average molecular weight is 275 g/mol. The van der Waals surface area contributed by atoms with Gasteiger partial charge in [-0.05, 0) is 37.6 Å². The van der Waals surface area contributed by atoms with Crippen LogP contribution in [0.5, 0.6) is 0 Å². The van der Waals surface area contributed by atoms with Gasteiger partial charge in [0.15, 0.2) is 0 Å². The first-order valence-corrected chi connectivity index (χ1v) is 6.24. The van der Waals surface area contributed by atoms with Gasteiger partial charge in [-0.25, -0.2) is 9.59 Å². The molecule has 6 heteroatoms. The summed E-state index contributed by atoms with van der Waals surface area (Å²) in [4.78, 5) is 23.0. The standard InChI is InChI=1S/C14H17N3O3/c1-3-8-14(2,12(18)19)17-13(20)16-11-6-4-10(9-15)5-7-11/h4-7H,3,8H2,1-2H3,(H,18,19)(H2,16,17,20). The number of nitrogens with zero attached hydrogens (tertiary/aromatic N) is 1. The van der Waals surface area contributed by atoms with E-state index in [9.17, 15) is 9.59 Å². The summed E-state index contributed by atoms with van der Waals surface area (Å²) in [6, 6.07) is 7.68. The lowest BCUT2D eigenvalue weighted by Crippen LogP contribution is -2.53. The summed E-state index contributed by atoms with van der Waals surface area (Å²) in [5.74, 6) is -1.07. The van der Waals surface area contributed by atoms with Crippen LogP contribution in [-0.4, -0.2) is 22.6 Å². The van der Waals surface area contributed by atoms with E-state index in [1.165, 1.54) is 6.92 Å². The second kappa shape index (κ2) is 6.57. The van der Waals surface area contributed by atoms with Crippen molar-refractivity contribution in [1.82, 2.24) is 5.32 Å². The third-order valence-corrected chi connectivity index (χ3v) is 2.88. The maximum atomic E-state index is 11.8. The largest absolute Gasteiger partial charge is 0.480 e. The van der Waals surface area contributed by atoms with E-state index in [2.05, 4.69) is 10.6 Å². The van der Waals surface area contributed by atoms with Crippen molar-refractivity contribution in [1.29, 1.82) is 5.26 Å². The van der Waals surface area contributed by atoms with Gasteiger partial charge in [0.2, 0.25) is 0 Å². The molecule has 0 aliphatic heterocycles. The number of carboxylic acids is 1. The number of urea groups is 1. The summed E-state index contributed by atoms with van der Waals surface area (Å²) < 4.78 is 0. The Kier molecular flexibility index (Phi) is 5.09. The van der Waals surface area contributed by atoms with Gasteiger partial charge in [0.25, 0.3) is 0 Å². The van der Waals surface area contributed by atoms with Gasteiger partial charge in [-0.1, -0.05) is 13.3 Å². The van der Waals surface area contributed by atoms with Gasteiger partial charge in [0.05, 0.1) is 11.6 Å². The molecule has 1 rings (SSSR count). The fourth-order valence-corrected chi connectivity index (χ4v) is 1.76. The summed E-state index contributed by atoms with van der Waals surface area (Å²) in [5, 5.41) is 22.8. The molecule has 2 amide bonds. The molecule has 1 atom stereocenters. The van der Waals surface area contributed by atoms with Crippen molar-refractivity contribution in [3.63, 3.8) is 0 Å². The van der Waals surface area contributed by atoms with Gasteiger partial charge >= 0.3 is 12.0 Å². The predicted octanol–water partition coefficient (Wildman–Crippen LogP) is 2.32. The SMILES string of the molecule is CCCC(C)(NC(=O)Nc1ccc(C#N)cc1)C(=O)O. The fraction of sp³-hybridized carbons (Fsp3) is 0.357. The Morgan fingerprint density at radius 1 is 1.35 bits per heavy atom. The number of hydrogen-bond donors (Lipinski definition) is 3. The average Bonchev–Trinajstić information content (AvgIpc) is 2.39. The van der Waals surface area contributed by atoms with Crippen LogP contribution < -0.4 is 10.6 Å². The number of rotatable bonds is 5. The van der Waals surface area contributed by atoms with Crippen molar-refractivity contribution in [2.45, 2.75) is 32.2 Å². The Morgan fingerprint density at radius 2 is 1.95 bits per heavy atom. The molecular formula is C14H17N3O3. The Labute approximate surface area is 117 Å². The molecule has 0 fully saturated rings. The number of anilines is 1. The van der Waals surface area contributed by atoms with Crippen LogP contribution in [0.4, 0.5) is 10.5 Å². The van der Waals surface area contributed by atoms with Crippen molar-refractivity contribution in [2.75, 3.05) is 5.32 Å². The van der Waals surface area contributed by atoms with E-state index in [4.69, 9.17) is 10.4 Å². The van der Waals surface area contributed by atoms with Crippen LogP contribution in [0, 0.1) is 11.3 Å². The fourth-order valence-electron chi connectivity index (χ4n) is 1.76. The minimum absolute atomic E-state index is 0.336.